The SMILES string of the molecule is O=C(Nc1ccccc1)Nc1cccc(Nc2nccc(Nc3ccc4cn[nH]c4c3)n2)c1. The molecule has 0 saturated carbocycles. The molecule has 0 saturated heterocycles. The number of rotatable bonds is 6. The van der Waals surface area contributed by atoms with Gasteiger partial charge in [0.15, 0.2) is 0 Å². The van der Waals surface area contributed by atoms with E-state index < -0.39 is 0 Å². The number of para-hydroxylation sites is 1. The van der Waals surface area contributed by atoms with Crippen LogP contribution >= 0.6 is 0 Å². The molecule has 2 aromatic heterocycles. The van der Waals surface area contributed by atoms with Gasteiger partial charge in [-0.25, -0.2) is 9.78 Å². The van der Waals surface area contributed by atoms with Gasteiger partial charge in [-0.15, -0.1) is 0 Å². The largest absolute Gasteiger partial charge is 0.340 e. The molecule has 5 N–H and O–H groups in total. The van der Waals surface area contributed by atoms with Gasteiger partial charge in [0.05, 0.1) is 11.7 Å². The van der Waals surface area contributed by atoms with Crippen molar-refractivity contribution < 1.29 is 4.79 Å². The van der Waals surface area contributed by atoms with Gasteiger partial charge in [0.25, 0.3) is 0 Å². The first-order chi connectivity index (χ1) is 16.2. The van der Waals surface area contributed by atoms with Gasteiger partial charge in [0, 0.05) is 34.3 Å². The molecule has 3 aromatic carbocycles. The topological polar surface area (TPSA) is 120 Å². The van der Waals surface area contributed by atoms with E-state index in [0.717, 1.165) is 22.3 Å². The van der Waals surface area contributed by atoms with Gasteiger partial charge in [-0.3, -0.25) is 5.10 Å². The summed E-state index contributed by atoms with van der Waals surface area (Å²) in [5, 5.41) is 20.1. The van der Waals surface area contributed by atoms with Gasteiger partial charge in [0.1, 0.15) is 5.82 Å². The fourth-order valence-corrected chi connectivity index (χ4v) is 3.27. The van der Waals surface area contributed by atoms with E-state index in [9.17, 15) is 4.79 Å². The van der Waals surface area contributed by atoms with E-state index in [4.69, 9.17) is 0 Å². The number of nitrogens with one attached hydrogen (secondary N) is 5. The zero-order valence-corrected chi connectivity index (χ0v) is 17.4. The van der Waals surface area contributed by atoms with Gasteiger partial charge in [-0.2, -0.15) is 10.1 Å². The molecule has 2 amide bonds. The van der Waals surface area contributed by atoms with Gasteiger partial charge in [-0.05, 0) is 54.6 Å². The Balaban J connectivity index is 1.25. The number of hydrogen-bond donors (Lipinski definition) is 5. The minimum Gasteiger partial charge on any atom is -0.340 e. The number of fused-ring (bicyclic) bond motifs is 1. The summed E-state index contributed by atoms with van der Waals surface area (Å²) in [6.07, 6.45) is 3.45. The number of carbonyl (C=O) groups is 1. The third kappa shape index (κ3) is 5.05. The fourth-order valence-electron chi connectivity index (χ4n) is 3.27. The molecule has 0 aliphatic carbocycles. The Labute approximate surface area is 189 Å². The number of nitrogens with zero attached hydrogens (tertiary/aromatic N) is 3. The quantitative estimate of drug-likeness (QED) is 0.240. The molecular weight excluding hydrogens is 416 g/mol. The van der Waals surface area contributed by atoms with E-state index in [0.29, 0.717) is 23.1 Å². The molecule has 162 valence electrons. The predicted octanol–water partition coefficient (Wildman–Crippen LogP) is 5.48. The van der Waals surface area contributed by atoms with E-state index in [1.165, 1.54) is 0 Å². The van der Waals surface area contributed by atoms with Crippen molar-refractivity contribution in [1.82, 2.24) is 20.2 Å². The number of aromatic nitrogens is 4. The Morgan fingerprint density at radius 2 is 1.55 bits per heavy atom. The van der Waals surface area contributed by atoms with Crippen LogP contribution in [0.25, 0.3) is 10.9 Å². The number of carbonyl (C=O) groups excluding carboxylic acids is 1. The lowest BCUT2D eigenvalue weighted by molar-refractivity contribution is 0.262. The Morgan fingerprint density at radius 3 is 2.45 bits per heavy atom. The zero-order chi connectivity index (χ0) is 22.5. The molecule has 9 heteroatoms. The Bertz CT molecular complexity index is 1400. The van der Waals surface area contributed by atoms with E-state index in [2.05, 4.69) is 41.4 Å². The normalized spacial score (nSPS) is 10.5. The summed E-state index contributed by atoms with van der Waals surface area (Å²) in [7, 11) is 0. The summed E-state index contributed by atoms with van der Waals surface area (Å²) in [4.78, 5) is 21.1. The zero-order valence-electron chi connectivity index (χ0n) is 17.4. The fraction of sp³-hybridized carbons (Fsp3) is 0. The predicted molar refractivity (Wildman–Crippen MR) is 130 cm³/mol. The minimum absolute atomic E-state index is 0.324. The van der Waals surface area contributed by atoms with Crippen molar-refractivity contribution in [3.63, 3.8) is 0 Å². The summed E-state index contributed by atoms with van der Waals surface area (Å²) >= 11 is 0. The lowest BCUT2D eigenvalue weighted by atomic mass is 10.2. The first-order valence-corrected chi connectivity index (χ1v) is 10.2. The molecule has 5 aromatic rings. The van der Waals surface area contributed by atoms with Crippen molar-refractivity contribution >= 4 is 51.4 Å². The van der Waals surface area contributed by atoms with E-state index in [-0.39, 0.29) is 6.03 Å². The molecule has 0 bridgehead atoms. The van der Waals surface area contributed by atoms with Crippen LogP contribution in [-0.2, 0) is 0 Å². The van der Waals surface area contributed by atoms with Crippen molar-refractivity contribution in [2.75, 3.05) is 21.3 Å². The number of urea groups is 1. The summed E-state index contributed by atoms with van der Waals surface area (Å²) in [5.41, 5.74) is 3.91. The second-order valence-electron chi connectivity index (χ2n) is 7.21. The molecule has 5 rings (SSSR count). The maximum atomic E-state index is 12.3. The van der Waals surface area contributed by atoms with Crippen LogP contribution in [0.3, 0.4) is 0 Å². The number of benzene rings is 3. The Morgan fingerprint density at radius 1 is 0.758 bits per heavy atom. The molecule has 0 spiro atoms. The number of hydrogen-bond acceptors (Lipinski definition) is 6. The standard InChI is InChI=1S/C24H20N8O/c33-24(29-17-5-2-1-3-6-17)30-19-8-4-7-18(13-19)28-23-25-12-11-22(31-23)27-20-10-9-16-15-26-32-21(16)14-20/h1-15H,(H,26,32)(H2,29,30,33)(H2,25,27,28,31). The Kier molecular flexibility index (Phi) is 5.50. The molecule has 0 unspecified atom stereocenters. The molecular formula is C24H20N8O. The summed E-state index contributed by atoms with van der Waals surface area (Å²) < 4.78 is 0. The Hall–Kier alpha value is -4.92. The summed E-state index contributed by atoms with van der Waals surface area (Å²) in [6.45, 7) is 0. The monoisotopic (exact) mass is 436 g/mol. The molecule has 33 heavy (non-hydrogen) atoms. The number of anilines is 6. The van der Waals surface area contributed by atoms with E-state index >= 15 is 0 Å². The van der Waals surface area contributed by atoms with Crippen LogP contribution < -0.4 is 21.3 Å². The molecule has 0 radical (unpaired) electrons. The van der Waals surface area contributed by atoms with E-state index in [1.54, 1.807) is 30.6 Å². The number of aromatic amines is 1. The van der Waals surface area contributed by atoms with Crippen LogP contribution in [0.5, 0.6) is 0 Å². The number of H-pyrrole nitrogens is 1. The van der Waals surface area contributed by atoms with Gasteiger partial charge < -0.3 is 21.3 Å². The number of amides is 2. The highest BCUT2D eigenvalue weighted by atomic mass is 16.2. The van der Waals surface area contributed by atoms with Gasteiger partial charge >= 0.3 is 6.03 Å². The molecule has 0 aliphatic rings. The second kappa shape index (κ2) is 9.06. The summed E-state index contributed by atoms with van der Waals surface area (Å²) in [5.74, 6) is 1.07. The highest BCUT2D eigenvalue weighted by Gasteiger charge is 2.06. The second-order valence-corrected chi connectivity index (χ2v) is 7.21. The maximum absolute atomic E-state index is 12.3. The third-order valence-electron chi connectivity index (χ3n) is 4.78. The van der Waals surface area contributed by atoms with Crippen LogP contribution in [0.15, 0.2) is 91.3 Å². The molecule has 9 nitrogen and oxygen atoms in total. The van der Waals surface area contributed by atoms with Gasteiger partial charge in [0.2, 0.25) is 5.95 Å². The highest BCUT2D eigenvalue weighted by molar-refractivity contribution is 6.00. The first-order valence-electron chi connectivity index (χ1n) is 10.2. The van der Waals surface area contributed by atoms with Gasteiger partial charge in [-0.1, -0.05) is 24.3 Å². The van der Waals surface area contributed by atoms with Crippen LogP contribution in [-0.4, -0.2) is 26.2 Å². The first kappa shape index (κ1) is 20.0. The smallest absolute Gasteiger partial charge is 0.323 e. The lowest BCUT2D eigenvalue weighted by Crippen LogP contribution is -2.19. The van der Waals surface area contributed by atoms with Crippen LogP contribution in [0, 0.1) is 0 Å². The average molecular weight is 436 g/mol. The highest BCUT2D eigenvalue weighted by Crippen LogP contribution is 2.22. The van der Waals surface area contributed by atoms with Crippen LogP contribution in [0.4, 0.5) is 39.3 Å². The van der Waals surface area contributed by atoms with Crippen molar-refractivity contribution in [2.24, 2.45) is 0 Å². The molecule has 0 aliphatic heterocycles. The minimum atomic E-state index is -0.324. The molecule has 0 atom stereocenters. The van der Waals surface area contributed by atoms with Crippen molar-refractivity contribution in [1.29, 1.82) is 0 Å². The van der Waals surface area contributed by atoms with Crippen molar-refractivity contribution in [2.45, 2.75) is 0 Å². The van der Waals surface area contributed by atoms with Crippen molar-refractivity contribution in [3.05, 3.63) is 91.3 Å². The van der Waals surface area contributed by atoms with Crippen molar-refractivity contribution in [3.8, 4) is 0 Å². The van der Waals surface area contributed by atoms with Crippen LogP contribution in [0.2, 0.25) is 0 Å². The summed E-state index contributed by atoms with van der Waals surface area (Å²) in [6, 6.07) is 23.9. The maximum Gasteiger partial charge on any atom is 0.323 e. The molecule has 2 heterocycles. The lowest BCUT2D eigenvalue weighted by Gasteiger charge is -2.11. The molecule has 0 fully saturated rings. The van der Waals surface area contributed by atoms with E-state index in [1.807, 2.05) is 60.7 Å². The third-order valence-corrected chi connectivity index (χ3v) is 4.78. The average Bonchev–Trinajstić information content (AvgIpc) is 3.28. The van der Waals surface area contributed by atoms with Crippen LogP contribution in [0.1, 0.15) is 0 Å².